The summed E-state index contributed by atoms with van der Waals surface area (Å²) < 4.78 is 0. The number of hydrogen-bond donors (Lipinski definition) is 2. The summed E-state index contributed by atoms with van der Waals surface area (Å²) in [7, 11) is 0. The highest BCUT2D eigenvalue weighted by molar-refractivity contribution is 5.72. The Morgan fingerprint density at radius 3 is 2.50 bits per heavy atom. The van der Waals surface area contributed by atoms with Crippen LogP contribution in [0.3, 0.4) is 0 Å². The molecule has 84 valence electrons. The Morgan fingerprint density at radius 1 is 1.36 bits per heavy atom. The molecule has 0 aliphatic carbocycles. The number of rotatable bonds is 8. The van der Waals surface area contributed by atoms with Crippen molar-refractivity contribution in [3.63, 3.8) is 0 Å². The van der Waals surface area contributed by atoms with Gasteiger partial charge in [0.25, 0.3) is 0 Å². The van der Waals surface area contributed by atoms with Gasteiger partial charge in [-0.1, -0.05) is 46.0 Å². The maximum Gasteiger partial charge on any atom is 0.320 e. The Bertz CT molecular complexity index is 159. The maximum absolute atomic E-state index is 10.5. The van der Waals surface area contributed by atoms with Crippen molar-refractivity contribution in [1.29, 1.82) is 0 Å². The Morgan fingerprint density at radius 2 is 2.00 bits per heavy atom. The number of carboxylic acids is 1. The minimum Gasteiger partial charge on any atom is -0.480 e. The molecule has 0 saturated heterocycles. The molecule has 3 N–H and O–H groups in total. The zero-order chi connectivity index (χ0) is 11.0. The summed E-state index contributed by atoms with van der Waals surface area (Å²) in [6.45, 7) is 4.26. The van der Waals surface area contributed by atoms with E-state index < -0.39 is 12.0 Å². The molecule has 0 aromatic carbocycles. The molecule has 0 fully saturated rings. The van der Waals surface area contributed by atoms with Gasteiger partial charge in [0, 0.05) is 0 Å². The fraction of sp³-hybridized carbons (Fsp3) is 0.909. The molecule has 0 bridgehead atoms. The number of carbonyl (C=O) groups is 1. The van der Waals surface area contributed by atoms with Crippen LogP contribution in [0.4, 0.5) is 0 Å². The van der Waals surface area contributed by atoms with Crippen LogP contribution in [0.2, 0.25) is 0 Å². The molecule has 0 aromatic rings. The maximum atomic E-state index is 10.5. The lowest BCUT2D eigenvalue weighted by Crippen LogP contribution is -2.31. The van der Waals surface area contributed by atoms with Crippen molar-refractivity contribution >= 4 is 5.97 Å². The van der Waals surface area contributed by atoms with Crippen LogP contribution in [-0.2, 0) is 4.79 Å². The van der Waals surface area contributed by atoms with Gasteiger partial charge in [-0.25, -0.2) is 0 Å². The molecule has 0 aromatic heterocycles. The smallest absolute Gasteiger partial charge is 0.320 e. The number of unbranched alkanes of at least 4 members (excludes halogenated alkanes) is 3. The molecule has 0 saturated carbocycles. The van der Waals surface area contributed by atoms with Crippen LogP contribution >= 0.6 is 0 Å². The van der Waals surface area contributed by atoms with Gasteiger partial charge in [0.05, 0.1) is 0 Å². The third-order valence-corrected chi connectivity index (χ3v) is 2.52. The van der Waals surface area contributed by atoms with Crippen LogP contribution < -0.4 is 5.73 Å². The highest BCUT2D eigenvalue weighted by atomic mass is 16.4. The van der Waals surface area contributed by atoms with E-state index in [1.807, 2.05) is 0 Å². The molecule has 3 heteroatoms. The summed E-state index contributed by atoms with van der Waals surface area (Å²) in [6, 6.07) is -0.684. The Balaban J connectivity index is 3.45. The minimum absolute atomic E-state index is 0.429. The predicted octanol–water partition coefficient (Wildman–Crippen LogP) is 2.39. The molecule has 0 aliphatic heterocycles. The van der Waals surface area contributed by atoms with Crippen LogP contribution in [0.25, 0.3) is 0 Å². The highest BCUT2D eigenvalue weighted by Gasteiger charge is 2.14. The largest absolute Gasteiger partial charge is 0.480 e. The van der Waals surface area contributed by atoms with Gasteiger partial charge in [0.1, 0.15) is 6.04 Å². The number of carboxylic acid groups (broad SMARTS) is 1. The van der Waals surface area contributed by atoms with Crippen molar-refractivity contribution in [1.82, 2.24) is 0 Å². The number of aliphatic carboxylic acids is 1. The number of hydrogen-bond acceptors (Lipinski definition) is 2. The van der Waals surface area contributed by atoms with Gasteiger partial charge >= 0.3 is 5.97 Å². The molecule has 0 radical (unpaired) electrons. The second-order valence-corrected chi connectivity index (χ2v) is 4.13. The first-order valence-electron chi connectivity index (χ1n) is 5.56. The molecule has 14 heavy (non-hydrogen) atoms. The topological polar surface area (TPSA) is 63.3 Å². The van der Waals surface area contributed by atoms with E-state index in [1.54, 1.807) is 0 Å². The molecule has 2 atom stereocenters. The molecule has 0 amide bonds. The van der Waals surface area contributed by atoms with Crippen LogP contribution in [0.1, 0.15) is 52.4 Å². The SMILES string of the molecule is CCCCCC[C@@H](C)C[C@H](N)C(=O)O. The molecule has 0 unspecified atom stereocenters. The number of nitrogens with two attached hydrogens (primary N) is 1. The van der Waals surface area contributed by atoms with Crippen molar-refractivity contribution in [3.8, 4) is 0 Å². The first kappa shape index (κ1) is 13.4. The Hall–Kier alpha value is -0.570. The molecule has 3 nitrogen and oxygen atoms in total. The molecular weight excluding hydrogens is 178 g/mol. The van der Waals surface area contributed by atoms with E-state index in [1.165, 1.54) is 25.7 Å². The molecule has 0 spiro atoms. The van der Waals surface area contributed by atoms with Crippen molar-refractivity contribution in [2.45, 2.75) is 58.4 Å². The third-order valence-electron chi connectivity index (χ3n) is 2.52. The van der Waals surface area contributed by atoms with E-state index in [-0.39, 0.29) is 0 Å². The lowest BCUT2D eigenvalue weighted by Gasteiger charge is -2.13. The zero-order valence-corrected chi connectivity index (χ0v) is 9.33. The van der Waals surface area contributed by atoms with Gasteiger partial charge in [0.15, 0.2) is 0 Å². The summed E-state index contributed by atoms with van der Waals surface area (Å²) in [5.41, 5.74) is 5.45. The van der Waals surface area contributed by atoms with E-state index in [0.29, 0.717) is 12.3 Å². The Labute approximate surface area is 86.7 Å². The van der Waals surface area contributed by atoms with E-state index >= 15 is 0 Å². The molecular formula is C11H23NO2. The van der Waals surface area contributed by atoms with Crippen molar-refractivity contribution in [2.75, 3.05) is 0 Å². The molecule has 0 heterocycles. The van der Waals surface area contributed by atoms with Gasteiger partial charge < -0.3 is 10.8 Å². The first-order chi connectivity index (χ1) is 6.57. The predicted molar refractivity (Wildman–Crippen MR) is 58.2 cm³/mol. The lowest BCUT2D eigenvalue weighted by molar-refractivity contribution is -0.138. The minimum atomic E-state index is -0.884. The van der Waals surface area contributed by atoms with Gasteiger partial charge in [-0.15, -0.1) is 0 Å². The highest BCUT2D eigenvalue weighted by Crippen LogP contribution is 2.14. The summed E-state index contributed by atoms with van der Waals surface area (Å²) in [5, 5.41) is 8.62. The van der Waals surface area contributed by atoms with Gasteiger partial charge in [-0.3, -0.25) is 4.79 Å². The Kier molecular flexibility index (Phi) is 7.48. The second kappa shape index (κ2) is 7.80. The lowest BCUT2D eigenvalue weighted by atomic mass is 9.96. The average molecular weight is 201 g/mol. The summed E-state index contributed by atoms with van der Waals surface area (Å²) in [4.78, 5) is 10.5. The quantitative estimate of drug-likeness (QED) is 0.593. The first-order valence-corrected chi connectivity index (χ1v) is 5.56. The third kappa shape index (κ3) is 6.89. The van der Waals surface area contributed by atoms with Gasteiger partial charge in [-0.2, -0.15) is 0 Å². The zero-order valence-electron chi connectivity index (χ0n) is 9.33. The van der Waals surface area contributed by atoms with Crippen LogP contribution in [-0.4, -0.2) is 17.1 Å². The summed E-state index contributed by atoms with van der Waals surface area (Å²) >= 11 is 0. The van der Waals surface area contributed by atoms with E-state index in [2.05, 4.69) is 13.8 Å². The monoisotopic (exact) mass is 201 g/mol. The van der Waals surface area contributed by atoms with Crippen LogP contribution in [0, 0.1) is 5.92 Å². The standard InChI is InChI=1S/C11H23NO2/c1-3-4-5-6-7-9(2)8-10(12)11(13)14/h9-10H,3-8,12H2,1-2H3,(H,13,14)/t9-,10+/m1/s1. The summed E-state index contributed by atoms with van der Waals surface area (Å²) in [6.07, 6.45) is 6.66. The van der Waals surface area contributed by atoms with Crippen LogP contribution in [0.15, 0.2) is 0 Å². The van der Waals surface area contributed by atoms with E-state index in [0.717, 1.165) is 6.42 Å². The van der Waals surface area contributed by atoms with E-state index in [4.69, 9.17) is 10.8 Å². The van der Waals surface area contributed by atoms with Crippen molar-refractivity contribution < 1.29 is 9.90 Å². The van der Waals surface area contributed by atoms with Gasteiger partial charge in [0.2, 0.25) is 0 Å². The van der Waals surface area contributed by atoms with Crippen molar-refractivity contribution in [3.05, 3.63) is 0 Å². The summed E-state index contributed by atoms with van der Waals surface area (Å²) in [5.74, 6) is -0.455. The fourth-order valence-corrected chi connectivity index (χ4v) is 1.57. The van der Waals surface area contributed by atoms with Gasteiger partial charge in [-0.05, 0) is 12.3 Å². The normalized spacial score (nSPS) is 15.1. The fourth-order valence-electron chi connectivity index (χ4n) is 1.57. The second-order valence-electron chi connectivity index (χ2n) is 4.13. The average Bonchev–Trinajstić information content (AvgIpc) is 2.12. The molecule has 0 rings (SSSR count). The van der Waals surface area contributed by atoms with E-state index in [9.17, 15) is 4.79 Å². The van der Waals surface area contributed by atoms with Crippen molar-refractivity contribution in [2.24, 2.45) is 11.7 Å². The van der Waals surface area contributed by atoms with Crippen LogP contribution in [0.5, 0.6) is 0 Å². The molecule has 0 aliphatic rings.